The third-order valence-corrected chi connectivity index (χ3v) is 4.21. The second-order valence-electron chi connectivity index (χ2n) is 5.51. The van der Waals surface area contributed by atoms with Crippen LogP contribution in [0.5, 0.6) is 0 Å². The molecule has 0 atom stereocenters. The zero-order valence-corrected chi connectivity index (χ0v) is 13.0. The molecule has 0 fully saturated rings. The predicted molar refractivity (Wildman–Crippen MR) is 81.3 cm³/mol. The third kappa shape index (κ3) is 3.04. The molecular weight excluding hydrogens is 278 g/mol. The van der Waals surface area contributed by atoms with E-state index in [2.05, 4.69) is 25.8 Å². The molecule has 0 spiro atoms. The Balaban J connectivity index is 2.55. The highest BCUT2D eigenvalue weighted by molar-refractivity contribution is 7.17. The molecule has 0 aliphatic heterocycles. The number of aromatic nitrogens is 1. The summed E-state index contributed by atoms with van der Waals surface area (Å²) in [4.78, 5) is 17.2. The average Bonchev–Trinajstić information content (AvgIpc) is 2.74. The monoisotopic (exact) mass is 293 g/mol. The maximum Gasteiger partial charge on any atom is 0.171 e. The Morgan fingerprint density at radius 2 is 1.79 bits per heavy atom. The summed E-state index contributed by atoms with van der Waals surface area (Å²) in [5.41, 5.74) is 1.73. The van der Waals surface area contributed by atoms with Crippen molar-refractivity contribution in [1.82, 2.24) is 4.98 Å². The lowest BCUT2D eigenvalue weighted by Gasteiger charge is -2.16. The molecule has 1 aromatic heterocycles. The van der Waals surface area contributed by atoms with E-state index in [1.54, 1.807) is 6.92 Å². The summed E-state index contributed by atoms with van der Waals surface area (Å²) in [6, 6.07) is 7.53. The number of ketones is 1. The van der Waals surface area contributed by atoms with Crippen LogP contribution < -0.4 is 0 Å². The number of halogens is 1. The summed E-state index contributed by atoms with van der Waals surface area (Å²) in [7, 11) is 0. The van der Waals surface area contributed by atoms with Gasteiger partial charge < -0.3 is 0 Å². The molecule has 1 aromatic carbocycles. The van der Waals surface area contributed by atoms with Crippen molar-refractivity contribution < 1.29 is 4.79 Å². The molecule has 19 heavy (non-hydrogen) atoms. The topological polar surface area (TPSA) is 30.0 Å². The Labute approximate surface area is 122 Å². The second kappa shape index (κ2) is 5.06. The molecule has 1 heterocycles. The van der Waals surface area contributed by atoms with Gasteiger partial charge in [-0.05, 0) is 12.1 Å². The normalized spacial score (nSPS) is 11.6. The van der Waals surface area contributed by atoms with E-state index in [9.17, 15) is 4.79 Å². The first-order valence-corrected chi connectivity index (χ1v) is 7.26. The highest BCUT2D eigenvalue weighted by Gasteiger charge is 2.25. The molecular formula is C15H16ClNOS. The Hall–Kier alpha value is -1.19. The fourth-order valence-corrected chi connectivity index (χ4v) is 3.09. The first-order valence-electron chi connectivity index (χ1n) is 6.07. The fourth-order valence-electron chi connectivity index (χ4n) is 1.78. The number of benzene rings is 1. The van der Waals surface area contributed by atoms with Crippen molar-refractivity contribution >= 4 is 28.7 Å². The maximum atomic E-state index is 11.8. The molecule has 0 amide bonds. The summed E-state index contributed by atoms with van der Waals surface area (Å²) in [5.74, 6) is 0.0719. The van der Waals surface area contributed by atoms with E-state index < -0.39 is 0 Å². The van der Waals surface area contributed by atoms with E-state index in [1.165, 1.54) is 11.3 Å². The molecule has 0 radical (unpaired) electrons. The molecule has 0 unspecified atom stereocenters. The van der Waals surface area contributed by atoms with Gasteiger partial charge in [0.25, 0.3) is 0 Å². The van der Waals surface area contributed by atoms with Gasteiger partial charge in [0, 0.05) is 22.9 Å². The van der Waals surface area contributed by atoms with E-state index >= 15 is 0 Å². The summed E-state index contributed by atoms with van der Waals surface area (Å²) in [6.07, 6.45) is 0. The van der Waals surface area contributed by atoms with Crippen molar-refractivity contribution in [2.45, 2.75) is 33.1 Å². The lowest BCUT2D eigenvalue weighted by atomic mass is 9.90. The van der Waals surface area contributed by atoms with Gasteiger partial charge in [-0.1, -0.05) is 44.5 Å². The van der Waals surface area contributed by atoms with Crippen LogP contribution in [0.2, 0.25) is 5.02 Å². The van der Waals surface area contributed by atoms with Gasteiger partial charge in [-0.25, -0.2) is 4.98 Å². The zero-order valence-electron chi connectivity index (χ0n) is 11.5. The first-order chi connectivity index (χ1) is 8.79. The van der Waals surface area contributed by atoms with Crippen LogP contribution in [0.4, 0.5) is 0 Å². The van der Waals surface area contributed by atoms with E-state index in [4.69, 9.17) is 11.6 Å². The summed E-state index contributed by atoms with van der Waals surface area (Å²) >= 11 is 7.34. The third-order valence-electron chi connectivity index (χ3n) is 2.75. The molecule has 0 saturated heterocycles. The molecule has 2 rings (SSSR count). The quantitative estimate of drug-likeness (QED) is 0.732. The highest BCUT2D eigenvalue weighted by atomic mass is 35.5. The first kappa shape index (κ1) is 14.2. The van der Waals surface area contributed by atoms with Crippen LogP contribution in [-0.2, 0) is 5.41 Å². The minimum absolute atomic E-state index is 0.0719. The van der Waals surface area contributed by atoms with Crippen LogP contribution in [0.1, 0.15) is 43.1 Å². The lowest BCUT2D eigenvalue weighted by Crippen LogP contribution is -2.15. The van der Waals surface area contributed by atoms with Gasteiger partial charge in [-0.3, -0.25) is 4.79 Å². The Morgan fingerprint density at radius 3 is 2.21 bits per heavy atom. The van der Waals surface area contributed by atoms with Crippen molar-refractivity contribution in [2.75, 3.05) is 0 Å². The summed E-state index contributed by atoms with van der Waals surface area (Å²) < 4.78 is 0. The zero-order chi connectivity index (χ0) is 14.2. The number of hydrogen-bond acceptors (Lipinski definition) is 3. The van der Waals surface area contributed by atoms with Crippen LogP contribution in [0.15, 0.2) is 24.3 Å². The van der Waals surface area contributed by atoms with E-state index in [-0.39, 0.29) is 11.2 Å². The minimum atomic E-state index is -0.137. The maximum absolute atomic E-state index is 11.8. The number of rotatable bonds is 2. The summed E-state index contributed by atoms with van der Waals surface area (Å²) in [6.45, 7) is 7.80. The van der Waals surface area contributed by atoms with Crippen LogP contribution in [-0.4, -0.2) is 10.8 Å². The van der Waals surface area contributed by atoms with Crippen molar-refractivity contribution in [3.63, 3.8) is 0 Å². The fraction of sp³-hybridized carbons (Fsp3) is 0.333. The minimum Gasteiger partial charge on any atom is -0.294 e. The van der Waals surface area contributed by atoms with Gasteiger partial charge in [-0.15, -0.1) is 11.3 Å². The number of Topliss-reactive ketones (excluding diaryl/α,β-unsaturated/α-hetero) is 1. The number of thiazole rings is 1. The molecule has 0 saturated carbocycles. The number of carbonyl (C=O) groups is 1. The van der Waals surface area contributed by atoms with Gasteiger partial charge in [0.15, 0.2) is 5.78 Å². The van der Waals surface area contributed by atoms with Gasteiger partial charge in [-0.2, -0.15) is 0 Å². The van der Waals surface area contributed by atoms with Crippen molar-refractivity contribution in [2.24, 2.45) is 0 Å². The number of carbonyl (C=O) groups excluding carboxylic acids is 1. The van der Waals surface area contributed by atoms with Gasteiger partial charge in [0.05, 0.1) is 10.6 Å². The van der Waals surface area contributed by atoms with Crippen molar-refractivity contribution in [1.29, 1.82) is 0 Å². The standard InChI is InChI=1S/C15H16ClNOS/c1-9(18)12-13(15(2,3)4)17-14(19-12)10-5-7-11(16)8-6-10/h5-8H,1-4H3. The molecule has 2 aromatic rings. The van der Waals surface area contributed by atoms with Gasteiger partial charge >= 0.3 is 0 Å². The molecule has 0 aliphatic rings. The largest absolute Gasteiger partial charge is 0.294 e. The molecule has 0 aliphatic carbocycles. The number of hydrogen-bond donors (Lipinski definition) is 0. The van der Waals surface area contributed by atoms with E-state index in [0.29, 0.717) is 5.02 Å². The van der Waals surface area contributed by atoms with Crippen LogP contribution in [0.25, 0.3) is 10.6 Å². The van der Waals surface area contributed by atoms with Crippen LogP contribution in [0, 0.1) is 0 Å². The predicted octanol–water partition coefficient (Wildman–Crippen LogP) is 4.96. The smallest absolute Gasteiger partial charge is 0.171 e. The highest BCUT2D eigenvalue weighted by Crippen LogP contribution is 2.35. The van der Waals surface area contributed by atoms with Crippen molar-refractivity contribution in [3.05, 3.63) is 39.9 Å². The summed E-state index contributed by atoms with van der Waals surface area (Å²) in [5, 5.41) is 1.56. The SMILES string of the molecule is CC(=O)c1sc(-c2ccc(Cl)cc2)nc1C(C)(C)C. The second-order valence-corrected chi connectivity index (χ2v) is 6.95. The molecule has 4 heteroatoms. The number of nitrogens with zero attached hydrogens (tertiary/aromatic N) is 1. The van der Waals surface area contributed by atoms with E-state index in [1.807, 2.05) is 24.3 Å². The lowest BCUT2D eigenvalue weighted by molar-refractivity contribution is 0.101. The van der Waals surface area contributed by atoms with E-state index in [0.717, 1.165) is 21.1 Å². The Bertz CT molecular complexity index is 608. The molecule has 100 valence electrons. The van der Waals surface area contributed by atoms with Gasteiger partial charge in [0.2, 0.25) is 0 Å². The molecule has 2 nitrogen and oxygen atoms in total. The molecule has 0 bridgehead atoms. The Morgan fingerprint density at radius 1 is 1.21 bits per heavy atom. The Kier molecular flexibility index (Phi) is 3.79. The van der Waals surface area contributed by atoms with Crippen LogP contribution >= 0.6 is 22.9 Å². The van der Waals surface area contributed by atoms with Crippen molar-refractivity contribution in [3.8, 4) is 10.6 Å². The average molecular weight is 294 g/mol. The molecule has 0 N–H and O–H groups in total. The van der Waals surface area contributed by atoms with Crippen LogP contribution in [0.3, 0.4) is 0 Å². The van der Waals surface area contributed by atoms with Gasteiger partial charge in [0.1, 0.15) is 5.01 Å².